The zero-order valence-corrected chi connectivity index (χ0v) is 13.0. The van der Waals surface area contributed by atoms with Crippen LogP contribution in [0.1, 0.15) is 25.8 Å². The van der Waals surface area contributed by atoms with Crippen LogP contribution < -0.4 is 5.32 Å². The van der Waals surface area contributed by atoms with Crippen molar-refractivity contribution in [2.24, 2.45) is 0 Å². The van der Waals surface area contributed by atoms with E-state index in [9.17, 15) is 8.42 Å². The van der Waals surface area contributed by atoms with Crippen molar-refractivity contribution < 1.29 is 8.42 Å². The van der Waals surface area contributed by atoms with Gasteiger partial charge in [0, 0.05) is 20.1 Å². The van der Waals surface area contributed by atoms with E-state index in [0.29, 0.717) is 10.9 Å². The quantitative estimate of drug-likeness (QED) is 0.831. The molecule has 0 fully saturated rings. The first-order valence-electron chi connectivity index (χ1n) is 6.66. The number of benzene rings is 1. The van der Waals surface area contributed by atoms with E-state index in [4.69, 9.17) is 0 Å². The highest BCUT2D eigenvalue weighted by Gasteiger charge is 2.16. The largest absolute Gasteiger partial charge is 0.314 e. The fraction of sp³-hybridized carbons (Fsp3) is 0.571. The summed E-state index contributed by atoms with van der Waals surface area (Å²) in [6.07, 6.45) is 1.98. The molecule has 1 unspecified atom stereocenters. The summed E-state index contributed by atoms with van der Waals surface area (Å²) in [5.74, 6) is 0. The van der Waals surface area contributed by atoms with Crippen molar-refractivity contribution >= 4 is 10.0 Å². The molecule has 0 aliphatic carbocycles. The lowest BCUT2D eigenvalue weighted by molar-refractivity contribution is 0.510. The van der Waals surface area contributed by atoms with E-state index in [1.54, 1.807) is 26.2 Å². The Kier molecular flexibility index (Phi) is 5.97. The molecule has 4 nitrogen and oxygen atoms in total. The van der Waals surface area contributed by atoms with Crippen LogP contribution in [0.15, 0.2) is 29.2 Å². The Morgan fingerprint density at radius 3 is 2.16 bits per heavy atom. The molecule has 0 amide bonds. The van der Waals surface area contributed by atoms with E-state index in [2.05, 4.69) is 19.2 Å². The average Bonchev–Trinajstić information content (AvgIpc) is 2.38. The van der Waals surface area contributed by atoms with Crippen molar-refractivity contribution in [3.05, 3.63) is 29.8 Å². The van der Waals surface area contributed by atoms with Gasteiger partial charge < -0.3 is 5.32 Å². The van der Waals surface area contributed by atoms with Gasteiger partial charge in [0.1, 0.15) is 0 Å². The zero-order chi connectivity index (χ0) is 14.5. The maximum absolute atomic E-state index is 11.9. The molecule has 0 saturated heterocycles. The summed E-state index contributed by atoms with van der Waals surface area (Å²) >= 11 is 0. The van der Waals surface area contributed by atoms with E-state index >= 15 is 0 Å². The van der Waals surface area contributed by atoms with Crippen molar-refractivity contribution in [2.45, 2.75) is 37.6 Å². The number of likely N-dealkylation sites (N-methyl/N-ethyl adjacent to an activating group) is 1. The minimum atomic E-state index is -3.32. The summed E-state index contributed by atoms with van der Waals surface area (Å²) in [5, 5.41) is 3.42. The van der Waals surface area contributed by atoms with Gasteiger partial charge in [0.15, 0.2) is 0 Å². The van der Waals surface area contributed by atoms with Crippen molar-refractivity contribution in [1.82, 2.24) is 9.62 Å². The second kappa shape index (κ2) is 7.03. The van der Waals surface area contributed by atoms with Gasteiger partial charge in [-0.25, -0.2) is 12.7 Å². The Morgan fingerprint density at radius 2 is 1.74 bits per heavy atom. The zero-order valence-electron chi connectivity index (χ0n) is 12.2. The SMILES string of the molecule is CCNC(CC)Cc1ccc(S(=O)(=O)N(C)C)cc1. The van der Waals surface area contributed by atoms with Crippen LogP contribution in [0.25, 0.3) is 0 Å². The Labute approximate surface area is 116 Å². The minimum absolute atomic E-state index is 0.345. The van der Waals surface area contributed by atoms with Crippen molar-refractivity contribution in [3.63, 3.8) is 0 Å². The number of hydrogen-bond acceptors (Lipinski definition) is 3. The topological polar surface area (TPSA) is 49.4 Å². The molecule has 1 N–H and O–H groups in total. The number of nitrogens with one attached hydrogen (secondary N) is 1. The lowest BCUT2D eigenvalue weighted by atomic mass is 10.0. The van der Waals surface area contributed by atoms with Crippen LogP contribution >= 0.6 is 0 Å². The molecule has 1 aromatic rings. The van der Waals surface area contributed by atoms with Crippen LogP contribution in [0.5, 0.6) is 0 Å². The highest BCUT2D eigenvalue weighted by Crippen LogP contribution is 2.15. The van der Waals surface area contributed by atoms with E-state index in [1.807, 2.05) is 12.1 Å². The third-order valence-electron chi connectivity index (χ3n) is 3.17. The number of sulfonamides is 1. The van der Waals surface area contributed by atoms with Gasteiger partial charge in [0.05, 0.1) is 4.90 Å². The molecule has 0 radical (unpaired) electrons. The Balaban J connectivity index is 2.82. The van der Waals surface area contributed by atoms with Crippen LogP contribution in [0.3, 0.4) is 0 Å². The molecule has 0 heterocycles. The average molecular weight is 284 g/mol. The molecule has 108 valence electrons. The predicted molar refractivity (Wildman–Crippen MR) is 78.8 cm³/mol. The third-order valence-corrected chi connectivity index (χ3v) is 5.00. The first-order chi connectivity index (χ1) is 8.91. The monoisotopic (exact) mass is 284 g/mol. The molecule has 0 aliphatic rings. The summed E-state index contributed by atoms with van der Waals surface area (Å²) in [5.41, 5.74) is 1.16. The first-order valence-corrected chi connectivity index (χ1v) is 8.10. The second-order valence-corrected chi connectivity index (χ2v) is 6.95. The van der Waals surface area contributed by atoms with Gasteiger partial charge >= 0.3 is 0 Å². The normalized spacial score (nSPS) is 13.7. The predicted octanol–water partition coefficient (Wildman–Crippen LogP) is 1.87. The summed E-state index contributed by atoms with van der Waals surface area (Å²) in [6, 6.07) is 7.61. The van der Waals surface area contributed by atoms with Crippen LogP contribution in [0.2, 0.25) is 0 Å². The highest BCUT2D eigenvalue weighted by molar-refractivity contribution is 7.89. The molecule has 1 rings (SSSR count). The fourth-order valence-corrected chi connectivity index (χ4v) is 2.84. The number of rotatable bonds is 7. The Hall–Kier alpha value is -0.910. The van der Waals surface area contributed by atoms with E-state index in [-0.39, 0.29) is 0 Å². The Bertz CT molecular complexity index is 481. The Morgan fingerprint density at radius 1 is 1.16 bits per heavy atom. The standard InChI is InChI=1S/C14H24N2O2S/c1-5-13(15-6-2)11-12-7-9-14(10-8-12)19(17,18)16(3)4/h7-10,13,15H,5-6,11H2,1-4H3. The lowest BCUT2D eigenvalue weighted by Gasteiger charge is -2.16. The molecular formula is C14H24N2O2S. The van der Waals surface area contributed by atoms with Gasteiger partial charge in [-0.3, -0.25) is 0 Å². The molecule has 0 aliphatic heterocycles. The van der Waals surface area contributed by atoms with Crippen molar-refractivity contribution in [3.8, 4) is 0 Å². The van der Waals surface area contributed by atoms with Gasteiger partial charge in [-0.1, -0.05) is 26.0 Å². The molecule has 0 aromatic heterocycles. The number of hydrogen-bond donors (Lipinski definition) is 1. The maximum Gasteiger partial charge on any atom is 0.242 e. The second-order valence-electron chi connectivity index (χ2n) is 4.80. The number of nitrogens with zero attached hydrogens (tertiary/aromatic N) is 1. The van der Waals surface area contributed by atoms with Crippen LogP contribution in [-0.4, -0.2) is 39.4 Å². The fourth-order valence-electron chi connectivity index (χ4n) is 1.94. The maximum atomic E-state index is 11.9. The molecule has 5 heteroatoms. The third kappa shape index (κ3) is 4.30. The summed E-state index contributed by atoms with van der Waals surface area (Å²) in [7, 11) is -0.234. The summed E-state index contributed by atoms with van der Waals surface area (Å²) in [6.45, 7) is 5.19. The smallest absolute Gasteiger partial charge is 0.242 e. The van der Waals surface area contributed by atoms with Gasteiger partial charge in [0.25, 0.3) is 0 Å². The minimum Gasteiger partial charge on any atom is -0.314 e. The summed E-state index contributed by atoms with van der Waals surface area (Å²) < 4.78 is 25.1. The van der Waals surface area contributed by atoms with Gasteiger partial charge in [-0.2, -0.15) is 0 Å². The van der Waals surface area contributed by atoms with Crippen LogP contribution in [-0.2, 0) is 16.4 Å². The van der Waals surface area contributed by atoms with Gasteiger partial charge in [0.2, 0.25) is 10.0 Å². The molecule has 0 bridgehead atoms. The van der Waals surface area contributed by atoms with E-state index < -0.39 is 10.0 Å². The molecule has 1 aromatic carbocycles. The van der Waals surface area contributed by atoms with Crippen LogP contribution in [0, 0.1) is 0 Å². The van der Waals surface area contributed by atoms with Crippen molar-refractivity contribution in [2.75, 3.05) is 20.6 Å². The first kappa shape index (κ1) is 16.1. The molecule has 19 heavy (non-hydrogen) atoms. The summed E-state index contributed by atoms with van der Waals surface area (Å²) in [4.78, 5) is 0.345. The molecule has 0 saturated carbocycles. The highest BCUT2D eigenvalue weighted by atomic mass is 32.2. The molecule has 1 atom stereocenters. The van der Waals surface area contributed by atoms with E-state index in [1.165, 1.54) is 4.31 Å². The van der Waals surface area contributed by atoms with Crippen LogP contribution in [0.4, 0.5) is 0 Å². The molecule has 0 spiro atoms. The molecular weight excluding hydrogens is 260 g/mol. The van der Waals surface area contributed by atoms with Crippen molar-refractivity contribution in [1.29, 1.82) is 0 Å². The lowest BCUT2D eigenvalue weighted by Crippen LogP contribution is -2.30. The van der Waals surface area contributed by atoms with Gasteiger partial charge in [-0.05, 0) is 37.1 Å². The van der Waals surface area contributed by atoms with Gasteiger partial charge in [-0.15, -0.1) is 0 Å². The van der Waals surface area contributed by atoms with E-state index in [0.717, 1.165) is 24.9 Å².